The molecule has 0 aliphatic rings. The van der Waals surface area contributed by atoms with Gasteiger partial charge in [0.05, 0.1) is 29.2 Å². The molecular formula is C15H12N4O. The van der Waals surface area contributed by atoms with Crippen molar-refractivity contribution in [1.82, 2.24) is 14.4 Å². The van der Waals surface area contributed by atoms with Gasteiger partial charge >= 0.3 is 0 Å². The summed E-state index contributed by atoms with van der Waals surface area (Å²) in [6.45, 7) is 0. The third-order valence-corrected chi connectivity index (χ3v) is 3.51. The minimum Gasteiger partial charge on any atom is -0.497 e. The number of ether oxygens (including phenoxy) is 1. The van der Waals surface area contributed by atoms with Crippen LogP contribution in [0.25, 0.3) is 27.5 Å². The summed E-state index contributed by atoms with van der Waals surface area (Å²) in [5, 5.41) is 1.01. The molecule has 5 nitrogen and oxygen atoms in total. The minimum atomic E-state index is 0.494. The van der Waals surface area contributed by atoms with E-state index in [-0.39, 0.29) is 0 Å². The average Bonchev–Trinajstić information content (AvgIpc) is 2.86. The molecule has 0 unspecified atom stereocenters. The van der Waals surface area contributed by atoms with Crippen molar-refractivity contribution in [2.24, 2.45) is 0 Å². The molecule has 0 fully saturated rings. The molecule has 0 bridgehead atoms. The van der Waals surface area contributed by atoms with E-state index < -0.39 is 0 Å². The Morgan fingerprint density at radius 3 is 2.95 bits per heavy atom. The number of methoxy groups -OCH3 is 1. The van der Waals surface area contributed by atoms with Crippen LogP contribution in [-0.2, 0) is 0 Å². The van der Waals surface area contributed by atoms with Crippen LogP contribution in [0.4, 0.5) is 5.82 Å². The lowest BCUT2D eigenvalue weighted by Crippen LogP contribution is -1.98. The molecule has 3 heterocycles. The van der Waals surface area contributed by atoms with Crippen molar-refractivity contribution in [2.45, 2.75) is 0 Å². The van der Waals surface area contributed by atoms with Gasteiger partial charge in [-0.15, -0.1) is 0 Å². The Kier molecular flexibility index (Phi) is 2.12. The smallest absolute Gasteiger partial charge is 0.149 e. The first kappa shape index (κ1) is 11.0. The lowest BCUT2D eigenvalue weighted by molar-refractivity contribution is 0.415. The summed E-state index contributed by atoms with van der Waals surface area (Å²) >= 11 is 0. The number of anilines is 1. The van der Waals surface area contributed by atoms with E-state index in [2.05, 4.69) is 9.97 Å². The molecule has 2 N–H and O–H groups in total. The molecular weight excluding hydrogens is 252 g/mol. The maximum atomic E-state index is 6.12. The van der Waals surface area contributed by atoms with Crippen molar-refractivity contribution in [3.63, 3.8) is 0 Å². The first-order valence-corrected chi connectivity index (χ1v) is 6.27. The second kappa shape index (κ2) is 3.84. The molecule has 3 aromatic heterocycles. The van der Waals surface area contributed by atoms with Crippen LogP contribution in [0.1, 0.15) is 0 Å². The third kappa shape index (κ3) is 1.37. The van der Waals surface area contributed by atoms with Gasteiger partial charge in [-0.25, -0.2) is 4.98 Å². The van der Waals surface area contributed by atoms with Gasteiger partial charge in [-0.05, 0) is 24.3 Å². The van der Waals surface area contributed by atoms with Crippen molar-refractivity contribution >= 4 is 33.3 Å². The fraction of sp³-hybridized carbons (Fsp3) is 0.0667. The second-order valence-electron chi connectivity index (χ2n) is 4.64. The number of hydrogen-bond acceptors (Lipinski definition) is 4. The maximum Gasteiger partial charge on any atom is 0.149 e. The predicted octanol–water partition coefficient (Wildman–Crippen LogP) is 2.63. The Balaban J connectivity index is 2.24. The minimum absolute atomic E-state index is 0.494. The van der Waals surface area contributed by atoms with Crippen LogP contribution in [0.15, 0.2) is 42.7 Å². The summed E-state index contributed by atoms with van der Waals surface area (Å²) in [4.78, 5) is 8.86. The Bertz CT molecular complexity index is 958. The number of fused-ring (bicyclic) bond motifs is 5. The molecule has 0 radical (unpaired) electrons. The Morgan fingerprint density at radius 2 is 2.10 bits per heavy atom. The van der Waals surface area contributed by atoms with E-state index in [1.807, 2.05) is 40.9 Å². The zero-order valence-electron chi connectivity index (χ0n) is 10.9. The van der Waals surface area contributed by atoms with Gasteiger partial charge in [0.25, 0.3) is 0 Å². The quantitative estimate of drug-likeness (QED) is 0.574. The Hall–Kier alpha value is -2.82. The number of benzene rings is 1. The number of pyridine rings is 1. The van der Waals surface area contributed by atoms with Gasteiger partial charge in [0.15, 0.2) is 0 Å². The van der Waals surface area contributed by atoms with E-state index >= 15 is 0 Å². The summed E-state index contributed by atoms with van der Waals surface area (Å²) in [5.74, 6) is 1.26. The maximum absolute atomic E-state index is 6.12. The van der Waals surface area contributed by atoms with Crippen molar-refractivity contribution in [1.29, 1.82) is 0 Å². The van der Waals surface area contributed by atoms with Gasteiger partial charge < -0.3 is 14.9 Å². The van der Waals surface area contributed by atoms with Gasteiger partial charge in [-0.1, -0.05) is 0 Å². The highest BCUT2D eigenvalue weighted by Crippen LogP contribution is 2.29. The van der Waals surface area contributed by atoms with E-state index in [0.717, 1.165) is 33.2 Å². The molecule has 4 aromatic rings. The number of rotatable bonds is 1. The zero-order valence-corrected chi connectivity index (χ0v) is 10.9. The summed E-state index contributed by atoms with van der Waals surface area (Å²) in [6, 6.07) is 9.68. The SMILES string of the molecule is COc1ccc2c(c1)nc(N)c1c3cccnc3cn21. The molecule has 0 amide bonds. The van der Waals surface area contributed by atoms with E-state index in [9.17, 15) is 0 Å². The second-order valence-corrected chi connectivity index (χ2v) is 4.64. The molecule has 98 valence electrons. The standard InChI is InChI=1S/C15H12N4O/c1-20-9-4-5-13-11(7-9)18-15(16)14-10-3-2-6-17-12(10)8-19(13)14/h2-8H,1H3,(H2,16,18). The van der Waals surface area contributed by atoms with Crippen LogP contribution in [0.2, 0.25) is 0 Å². The Morgan fingerprint density at radius 1 is 1.20 bits per heavy atom. The normalized spacial score (nSPS) is 11.4. The summed E-state index contributed by atoms with van der Waals surface area (Å²) in [6.07, 6.45) is 3.76. The van der Waals surface area contributed by atoms with E-state index in [0.29, 0.717) is 5.82 Å². The van der Waals surface area contributed by atoms with Crippen molar-refractivity contribution in [3.05, 3.63) is 42.7 Å². The highest BCUT2D eigenvalue weighted by Gasteiger charge is 2.11. The van der Waals surface area contributed by atoms with Crippen molar-refractivity contribution < 1.29 is 4.74 Å². The molecule has 20 heavy (non-hydrogen) atoms. The number of nitrogens with two attached hydrogens (primary N) is 1. The van der Waals surface area contributed by atoms with Gasteiger partial charge in [0.1, 0.15) is 11.6 Å². The molecule has 0 saturated carbocycles. The number of hydrogen-bond donors (Lipinski definition) is 1. The fourth-order valence-electron chi connectivity index (χ4n) is 2.59. The fourth-order valence-corrected chi connectivity index (χ4v) is 2.59. The first-order chi connectivity index (χ1) is 9.78. The van der Waals surface area contributed by atoms with Gasteiger partial charge in [-0.2, -0.15) is 0 Å². The van der Waals surface area contributed by atoms with Crippen LogP contribution in [0, 0.1) is 0 Å². The average molecular weight is 264 g/mol. The number of nitrogen functional groups attached to an aromatic ring is 1. The largest absolute Gasteiger partial charge is 0.497 e. The lowest BCUT2D eigenvalue weighted by atomic mass is 10.2. The van der Waals surface area contributed by atoms with Crippen molar-refractivity contribution in [2.75, 3.05) is 12.8 Å². The van der Waals surface area contributed by atoms with Crippen LogP contribution in [-0.4, -0.2) is 21.5 Å². The van der Waals surface area contributed by atoms with Crippen molar-refractivity contribution in [3.8, 4) is 5.75 Å². The molecule has 4 rings (SSSR count). The lowest BCUT2D eigenvalue weighted by Gasteiger charge is -2.07. The molecule has 1 aromatic carbocycles. The molecule has 0 spiro atoms. The van der Waals surface area contributed by atoms with E-state index in [1.54, 1.807) is 13.3 Å². The van der Waals surface area contributed by atoms with E-state index in [1.165, 1.54) is 0 Å². The summed E-state index contributed by atoms with van der Waals surface area (Å²) in [7, 11) is 1.64. The summed E-state index contributed by atoms with van der Waals surface area (Å²) < 4.78 is 7.27. The monoisotopic (exact) mass is 264 g/mol. The molecule has 0 saturated heterocycles. The predicted molar refractivity (Wildman–Crippen MR) is 79.0 cm³/mol. The Labute approximate surface area is 114 Å². The molecule has 0 atom stereocenters. The zero-order chi connectivity index (χ0) is 13.7. The van der Waals surface area contributed by atoms with Crippen LogP contribution < -0.4 is 10.5 Å². The molecule has 5 heteroatoms. The molecule has 0 aliphatic carbocycles. The topological polar surface area (TPSA) is 65.4 Å². The van der Waals surface area contributed by atoms with Gasteiger partial charge in [0.2, 0.25) is 0 Å². The van der Waals surface area contributed by atoms with Crippen LogP contribution >= 0.6 is 0 Å². The van der Waals surface area contributed by atoms with Gasteiger partial charge in [-0.3, -0.25) is 4.98 Å². The van der Waals surface area contributed by atoms with E-state index in [4.69, 9.17) is 10.5 Å². The van der Waals surface area contributed by atoms with Crippen LogP contribution in [0.5, 0.6) is 5.75 Å². The summed E-state index contributed by atoms with van der Waals surface area (Å²) in [5.41, 5.74) is 9.71. The third-order valence-electron chi connectivity index (χ3n) is 3.51. The highest BCUT2D eigenvalue weighted by atomic mass is 16.5. The van der Waals surface area contributed by atoms with Gasteiger partial charge in [0, 0.05) is 23.8 Å². The number of nitrogens with zero attached hydrogens (tertiary/aromatic N) is 3. The molecule has 0 aliphatic heterocycles. The first-order valence-electron chi connectivity index (χ1n) is 6.27. The number of aromatic nitrogens is 3. The highest BCUT2D eigenvalue weighted by molar-refractivity contribution is 6.03. The van der Waals surface area contributed by atoms with Crippen LogP contribution in [0.3, 0.4) is 0 Å².